The molecule has 0 saturated carbocycles. The molecule has 136 valence electrons. The largest absolute Gasteiger partial charge is 0.488 e. The Morgan fingerprint density at radius 3 is 2.52 bits per heavy atom. The van der Waals surface area contributed by atoms with Gasteiger partial charge in [-0.25, -0.2) is 9.82 Å². The normalized spacial score (nSPS) is 10.7. The minimum atomic E-state index is -0.436. The van der Waals surface area contributed by atoms with Gasteiger partial charge in [0.05, 0.1) is 11.8 Å². The predicted molar refractivity (Wildman–Crippen MR) is 106 cm³/mol. The van der Waals surface area contributed by atoms with Gasteiger partial charge in [0.25, 0.3) is 5.91 Å². The van der Waals surface area contributed by atoms with Crippen molar-refractivity contribution < 1.29 is 13.9 Å². The third-order valence-corrected chi connectivity index (χ3v) is 4.24. The molecule has 0 fully saturated rings. The minimum Gasteiger partial charge on any atom is -0.488 e. The van der Waals surface area contributed by atoms with Crippen LogP contribution in [-0.4, -0.2) is 12.1 Å². The van der Waals surface area contributed by atoms with Gasteiger partial charge in [-0.2, -0.15) is 5.10 Å². The Balaban J connectivity index is 1.66. The van der Waals surface area contributed by atoms with Crippen molar-refractivity contribution in [3.63, 3.8) is 0 Å². The molecule has 0 saturated heterocycles. The average Bonchev–Trinajstić information content (AvgIpc) is 2.69. The van der Waals surface area contributed by atoms with E-state index in [0.29, 0.717) is 17.9 Å². The smallest absolute Gasteiger partial charge is 0.275 e. The molecule has 0 unspecified atom stereocenters. The topological polar surface area (TPSA) is 50.7 Å². The number of hydrogen-bond donors (Lipinski definition) is 1. The molecule has 0 aromatic heterocycles. The standard InChI is InChI=1S/C21H16BrFN2O2/c22-17-11-9-15(10-12-17)14-27-20-8-4-2-6-18(20)21(26)25-24-13-16-5-1-3-7-19(16)23/h1-13H,14H2,(H,25,26)/b24-13-. The fraction of sp³-hybridized carbons (Fsp3) is 0.0476. The number of benzene rings is 3. The van der Waals surface area contributed by atoms with Gasteiger partial charge in [-0.3, -0.25) is 4.79 Å². The zero-order valence-electron chi connectivity index (χ0n) is 14.2. The lowest BCUT2D eigenvalue weighted by Crippen LogP contribution is -2.18. The van der Waals surface area contributed by atoms with E-state index < -0.39 is 11.7 Å². The van der Waals surface area contributed by atoms with Crippen molar-refractivity contribution in [1.29, 1.82) is 0 Å². The number of hydrogen-bond acceptors (Lipinski definition) is 3. The first kappa shape index (κ1) is 18.8. The molecule has 6 heteroatoms. The molecule has 0 aliphatic carbocycles. The summed E-state index contributed by atoms with van der Waals surface area (Å²) < 4.78 is 20.3. The summed E-state index contributed by atoms with van der Waals surface area (Å²) >= 11 is 3.39. The molecule has 0 radical (unpaired) electrons. The lowest BCUT2D eigenvalue weighted by atomic mass is 10.2. The Bertz CT molecular complexity index is 958. The summed E-state index contributed by atoms with van der Waals surface area (Å²) in [4.78, 5) is 12.4. The Morgan fingerprint density at radius 2 is 1.74 bits per heavy atom. The molecule has 0 aliphatic heterocycles. The highest BCUT2D eigenvalue weighted by Crippen LogP contribution is 2.20. The van der Waals surface area contributed by atoms with E-state index in [1.54, 1.807) is 42.5 Å². The van der Waals surface area contributed by atoms with E-state index in [1.165, 1.54) is 12.3 Å². The van der Waals surface area contributed by atoms with Crippen molar-refractivity contribution in [2.75, 3.05) is 0 Å². The van der Waals surface area contributed by atoms with Crippen LogP contribution in [0.2, 0.25) is 0 Å². The van der Waals surface area contributed by atoms with Crippen LogP contribution in [0.4, 0.5) is 4.39 Å². The number of nitrogens with one attached hydrogen (secondary N) is 1. The van der Waals surface area contributed by atoms with Crippen LogP contribution < -0.4 is 10.2 Å². The molecule has 3 aromatic carbocycles. The van der Waals surface area contributed by atoms with Gasteiger partial charge in [0.15, 0.2) is 0 Å². The van der Waals surface area contributed by atoms with Crippen molar-refractivity contribution in [1.82, 2.24) is 5.43 Å². The first-order valence-corrected chi connectivity index (χ1v) is 8.97. The van der Waals surface area contributed by atoms with E-state index in [0.717, 1.165) is 10.0 Å². The molecule has 27 heavy (non-hydrogen) atoms. The molecular weight excluding hydrogens is 411 g/mol. The first-order valence-electron chi connectivity index (χ1n) is 8.17. The second kappa shape index (κ2) is 9.09. The highest BCUT2D eigenvalue weighted by atomic mass is 79.9. The SMILES string of the molecule is O=C(N/N=C\c1ccccc1F)c1ccccc1OCc1ccc(Br)cc1. The summed E-state index contributed by atoms with van der Waals surface area (Å²) in [6.07, 6.45) is 1.26. The van der Waals surface area contributed by atoms with Crippen LogP contribution in [0.25, 0.3) is 0 Å². The number of amides is 1. The van der Waals surface area contributed by atoms with E-state index in [2.05, 4.69) is 26.5 Å². The summed E-state index contributed by atoms with van der Waals surface area (Å²) in [6.45, 7) is 0.329. The second-order valence-electron chi connectivity index (χ2n) is 5.63. The highest BCUT2D eigenvalue weighted by Gasteiger charge is 2.11. The predicted octanol–water partition coefficient (Wildman–Crippen LogP) is 4.93. The molecule has 0 atom stereocenters. The lowest BCUT2D eigenvalue weighted by molar-refractivity contribution is 0.0950. The number of hydrazone groups is 1. The quantitative estimate of drug-likeness (QED) is 0.448. The second-order valence-corrected chi connectivity index (χ2v) is 6.55. The van der Waals surface area contributed by atoms with Crippen molar-refractivity contribution >= 4 is 28.1 Å². The third-order valence-electron chi connectivity index (χ3n) is 3.71. The van der Waals surface area contributed by atoms with Crippen LogP contribution in [0.15, 0.2) is 82.4 Å². The molecule has 0 spiro atoms. The van der Waals surface area contributed by atoms with Crippen molar-refractivity contribution in [3.05, 3.63) is 99.8 Å². The first-order chi connectivity index (χ1) is 13.1. The van der Waals surface area contributed by atoms with Crippen LogP contribution in [0.3, 0.4) is 0 Å². The molecule has 3 rings (SSSR count). The number of ether oxygens (including phenoxy) is 1. The summed E-state index contributed by atoms with van der Waals surface area (Å²) in [5.41, 5.74) is 4.01. The Kier molecular flexibility index (Phi) is 6.33. The van der Waals surface area contributed by atoms with Crippen molar-refractivity contribution in [3.8, 4) is 5.75 Å². The van der Waals surface area contributed by atoms with E-state index in [1.807, 2.05) is 24.3 Å². The number of halogens is 2. The van der Waals surface area contributed by atoms with Gasteiger partial charge in [-0.15, -0.1) is 0 Å². The zero-order chi connectivity index (χ0) is 19.1. The van der Waals surface area contributed by atoms with E-state index in [9.17, 15) is 9.18 Å². The number of nitrogens with zero attached hydrogens (tertiary/aromatic N) is 1. The maximum absolute atomic E-state index is 13.6. The van der Waals surface area contributed by atoms with Gasteiger partial charge in [-0.05, 0) is 35.9 Å². The third kappa shape index (κ3) is 5.24. The molecular formula is C21H16BrFN2O2. The maximum Gasteiger partial charge on any atom is 0.275 e. The lowest BCUT2D eigenvalue weighted by Gasteiger charge is -2.10. The molecule has 0 heterocycles. The van der Waals surface area contributed by atoms with E-state index in [-0.39, 0.29) is 5.56 Å². The zero-order valence-corrected chi connectivity index (χ0v) is 15.8. The van der Waals surface area contributed by atoms with E-state index >= 15 is 0 Å². The van der Waals surface area contributed by atoms with Crippen LogP contribution in [0.1, 0.15) is 21.5 Å². The Hall–Kier alpha value is -2.99. The molecule has 1 N–H and O–H groups in total. The fourth-order valence-corrected chi connectivity index (χ4v) is 2.59. The summed E-state index contributed by atoms with van der Waals surface area (Å²) in [5.74, 6) is -0.401. The van der Waals surface area contributed by atoms with Gasteiger partial charge in [-0.1, -0.05) is 58.4 Å². The number of carbonyl (C=O) groups is 1. The van der Waals surface area contributed by atoms with Gasteiger partial charge < -0.3 is 4.74 Å². The number of carbonyl (C=O) groups excluding carboxylic acids is 1. The van der Waals surface area contributed by atoms with Gasteiger partial charge in [0, 0.05) is 10.0 Å². The van der Waals surface area contributed by atoms with Crippen LogP contribution >= 0.6 is 15.9 Å². The molecule has 1 amide bonds. The van der Waals surface area contributed by atoms with Crippen LogP contribution in [-0.2, 0) is 6.61 Å². The minimum absolute atomic E-state index is 0.289. The van der Waals surface area contributed by atoms with E-state index in [4.69, 9.17) is 4.74 Å². The summed E-state index contributed by atoms with van der Waals surface area (Å²) in [6, 6.07) is 20.8. The fourth-order valence-electron chi connectivity index (χ4n) is 2.32. The Morgan fingerprint density at radius 1 is 1.04 bits per heavy atom. The van der Waals surface area contributed by atoms with Gasteiger partial charge >= 0.3 is 0 Å². The summed E-state index contributed by atoms with van der Waals surface area (Å²) in [5, 5.41) is 3.82. The monoisotopic (exact) mass is 426 g/mol. The van der Waals surface area contributed by atoms with Crippen molar-refractivity contribution in [2.24, 2.45) is 5.10 Å². The molecule has 3 aromatic rings. The maximum atomic E-state index is 13.6. The molecule has 0 bridgehead atoms. The highest BCUT2D eigenvalue weighted by molar-refractivity contribution is 9.10. The van der Waals surface area contributed by atoms with Gasteiger partial charge in [0.1, 0.15) is 18.2 Å². The van der Waals surface area contributed by atoms with Crippen LogP contribution in [0, 0.1) is 5.82 Å². The summed E-state index contributed by atoms with van der Waals surface area (Å²) in [7, 11) is 0. The number of rotatable bonds is 6. The molecule has 4 nitrogen and oxygen atoms in total. The van der Waals surface area contributed by atoms with Gasteiger partial charge in [0.2, 0.25) is 0 Å². The Labute approximate surface area is 164 Å². The number of para-hydroxylation sites is 1. The van der Waals surface area contributed by atoms with Crippen LogP contribution in [0.5, 0.6) is 5.75 Å². The van der Waals surface area contributed by atoms with Crippen molar-refractivity contribution in [2.45, 2.75) is 6.61 Å². The molecule has 0 aliphatic rings. The average molecular weight is 427 g/mol.